The molecule has 0 unspecified atom stereocenters. The molecule has 1 heterocycles. The second kappa shape index (κ2) is 3.08. The average molecular weight is 207 g/mol. The van der Waals surface area contributed by atoms with Crippen LogP contribution in [0.1, 0.15) is 51.3 Å². The highest BCUT2D eigenvalue weighted by Gasteiger charge is 2.39. The Morgan fingerprint density at radius 2 is 2.00 bits per heavy atom. The Kier molecular flexibility index (Phi) is 2.19. The van der Waals surface area contributed by atoms with E-state index in [-0.39, 0.29) is 5.41 Å². The standard InChI is InChI=1S/C12H21N3/c1-11(2)5-8-10(12(3,4)7-11)15-9(6-13)14-8/h5-7,13H2,1-4H3,(H,14,15). The lowest BCUT2D eigenvalue weighted by Gasteiger charge is -2.39. The number of rotatable bonds is 1. The van der Waals surface area contributed by atoms with Crippen molar-refractivity contribution in [2.45, 2.75) is 52.5 Å². The molecule has 1 aromatic heterocycles. The number of nitrogens with zero attached hydrogens (tertiary/aromatic N) is 1. The van der Waals surface area contributed by atoms with E-state index in [9.17, 15) is 0 Å². The lowest BCUT2D eigenvalue weighted by molar-refractivity contribution is 0.226. The van der Waals surface area contributed by atoms with E-state index in [1.165, 1.54) is 17.8 Å². The largest absolute Gasteiger partial charge is 0.345 e. The molecule has 1 aliphatic carbocycles. The SMILES string of the molecule is CC1(C)Cc2[nH]c(CN)nc2C(C)(C)C1. The van der Waals surface area contributed by atoms with Crippen molar-refractivity contribution in [3.05, 3.63) is 17.2 Å². The molecule has 0 amide bonds. The molecule has 0 aliphatic heterocycles. The van der Waals surface area contributed by atoms with Gasteiger partial charge in [0.05, 0.1) is 12.2 Å². The first kappa shape index (κ1) is 10.7. The normalized spacial score (nSPS) is 22.5. The molecule has 2 rings (SSSR count). The second-order valence-corrected chi connectivity index (χ2v) is 6.12. The maximum absolute atomic E-state index is 5.62. The van der Waals surface area contributed by atoms with Gasteiger partial charge in [-0.3, -0.25) is 0 Å². The van der Waals surface area contributed by atoms with Crippen LogP contribution in [0.4, 0.5) is 0 Å². The highest BCUT2D eigenvalue weighted by atomic mass is 15.0. The first-order chi connectivity index (χ1) is 6.84. The number of fused-ring (bicyclic) bond motifs is 1. The molecule has 0 radical (unpaired) electrons. The second-order valence-electron chi connectivity index (χ2n) is 6.12. The molecule has 0 bridgehead atoms. The summed E-state index contributed by atoms with van der Waals surface area (Å²) in [7, 11) is 0. The Bertz CT molecular complexity index is 374. The van der Waals surface area contributed by atoms with E-state index < -0.39 is 0 Å². The Morgan fingerprint density at radius 3 is 2.60 bits per heavy atom. The summed E-state index contributed by atoms with van der Waals surface area (Å²) in [5, 5.41) is 0. The summed E-state index contributed by atoms with van der Waals surface area (Å²) in [5.74, 6) is 0.922. The highest BCUT2D eigenvalue weighted by molar-refractivity contribution is 5.28. The smallest absolute Gasteiger partial charge is 0.120 e. The van der Waals surface area contributed by atoms with E-state index in [4.69, 9.17) is 5.73 Å². The molecule has 0 saturated heterocycles. The minimum Gasteiger partial charge on any atom is -0.345 e. The van der Waals surface area contributed by atoms with Crippen LogP contribution in [0.5, 0.6) is 0 Å². The maximum atomic E-state index is 5.62. The third-order valence-corrected chi connectivity index (χ3v) is 3.24. The van der Waals surface area contributed by atoms with Crippen LogP contribution in [-0.4, -0.2) is 9.97 Å². The van der Waals surface area contributed by atoms with Crippen molar-refractivity contribution in [2.24, 2.45) is 11.1 Å². The quantitative estimate of drug-likeness (QED) is 0.741. The minimum absolute atomic E-state index is 0.168. The monoisotopic (exact) mass is 207 g/mol. The van der Waals surface area contributed by atoms with Crippen molar-refractivity contribution in [2.75, 3.05) is 0 Å². The molecular formula is C12H21N3. The summed E-state index contributed by atoms with van der Waals surface area (Å²) in [4.78, 5) is 7.97. The van der Waals surface area contributed by atoms with E-state index in [1.807, 2.05) is 0 Å². The highest BCUT2D eigenvalue weighted by Crippen LogP contribution is 2.44. The number of nitrogens with two attached hydrogens (primary N) is 1. The molecule has 0 saturated carbocycles. The van der Waals surface area contributed by atoms with Crippen molar-refractivity contribution in [3.63, 3.8) is 0 Å². The number of nitrogens with one attached hydrogen (secondary N) is 1. The summed E-state index contributed by atoms with van der Waals surface area (Å²) in [6, 6.07) is 0. The number of aromatic amines is 1. The van der Waals surface area contributed by atoms with Gasteiger partial charge in [-0.2, -0.15) is 0 Å². The summed E-state index contributed by atoms with van der Waals surface area (Å²) in [5.41, 5.74) is 8.66. The number of imidazole rings is 1. The average Bonchev–Trinajstić information content (AvgIpc) is 2.44. The fourth-order valence-electron chi connectivity index (χ4n) is 3.07. The number of hydrogen-bond acceptors (Lipinski definition) is 2. The fourth-order valence-corrected chi connectivity index (χ4v) is 3.07. The van der Waals surface area contributed by atoms with Crippen LogP contribution in [0.25, 0.3) is 0 Å². The van der Waals surface area contributed by atoms with Crippen LogP contribution in [0.15, 0.2) is 0 Å². The van der Waals surface area contributed by atoms with Crippen LogP contribution in [0.2, 0.25) is 0 Å². The van der Waals surface area contributed by atoms with Crippen LogP contribution >= 0.6 is 0 Å². The van der Waals surface area contributed by atoms with Crippen molar-refractivity contribution in [3.8, 4) is 0 Å². The molecule has 1 aliphatic rings. The molecule has 0 aromatic carbocycles. The van der Waals surface area contributed by atoms with E-state index in [0.717, 1.165) is 12.2 Å². The van der Waals surface area contributed by atoms with Gasteiger partial charge in [0, 0.05) is 11.1 Å². The summed E-state index contributed by atoms with van der Waals surface area (Å²) in [6.07, 6.45) is 2.26. The Balaban J connectivity index is 2.48. The molecule has 0 atom stereocenters. The Hall–Kier alpha value is -0.830. The summed E-state index contributed by atoms with van der Waals surface area (Å²) >= 11 is 0. The van der Waals surface area contributed by atoms with Gasteiger partial charge in [0.2, 0.25) is 0 Å². The zero-order valence-corrected chi connectivity index (χ0v) is 10.1. The third-order valence-electron chi connectivity index (χ3n) is 3.24. The zero-order valence-electron chi connectivity index (χ0n) is 10.1. The molecule has 0 spiro atoms. The molecular weight excluding hydrogens is 186 g/mol. The fraction of sp³-hybridized carbons (Fsp3) is 0.750. The van der Waals surface area contributed by atoms with Gasteiger partial charge in [0.15, 0.2) is 0 Å². The van der Waals surface area contributed by atoms with E-state index in [0.29, 0.717) is 12.0 Å². The van der Waals surface area contributed by atoms with Crippen LogP contribution < -0.4 is 5.73 Å². The maximum Gasteiger partial charge on any atom is 0.120 e. The predicted octanol–water partition coefficient (Wildman–Crippen LogP) is 2.12. The van der Waals surface area contributed by atoms with Gasteiger partial charge in [0.1, 0.15) is 5.82 Å². The van der Waals surface area contributed by atoms with Gasteiger partial charge >= 0.3 is 0 Å². The van der Waals surface area contributed by atoms with Crippen molar-refractivity contribution >= 4 is 0 Å². The third kappa shape index (κ3) is 1.81. The van der Waals surface area contributed by atoms with Crippen LogP contribution in [0, 0.1) is 5.41 Å². The van der Waals surface area contributed by atoms with E-state index >= 15 is 0 Å². The van der Waals surface area contributed by atoms with Crippen molar-refractivity contribution < 1.29 is 0 Å². The number of hydrogen-bond donors (Lipinski definition) is 2. The Labute approximate surface area is 91.5 Å². The van der Waals surface area contributed by atoms with Gasteiger partial charge in [-0.05, 0) is 18.3 Å². The number of aromatic nitrogens is 2. The zero-order chi connectivity index (χ0) is 11.3. The van der Waals surface area contributed by atoms with Gasteiger partial charge in [0.25, 0.3) is 0 Å². The van der Waals surface area contributed by atoms with Crippen LogP contribution in [0.3, 0.4) is 0 Å². The lowest BCUT2D eigenvalue weighted by atomic mass is 9.66. The first-order valence-electron chi connectivity index (χ1n) is 5.62. The minimum atomic E-state index is 0.168. The molecule has 15 heavy (non-hydrogen) atoms. The van der Waals surface area contributed by atoms with Gasteiger partial charge < -0.3 is 10.7 Å². The topological polar surface area (TPSA) is 54.7 Å². The molecule has 0 fully saturated rings. The van der Waals surface area contributed by atoms with Crippen LogP contribution in [-0.2, 0) is 18.4 Å². The van der Waals surface area contributed by atoms with Gasteiger partial charge in [-0.25, -0.2) is 4.98 Å². The molecule has 3 N–H and O–H groups in total. The van der Waals surface area contributed by atoms with Gasteiger partial charge in [-0.15, -0.1) is 0 Å². The number of H-pyrrole nitrogens is 1. The van der Waals surface area contributed by atoms with Crippen molar-refractivity contribution in [1.82, 2.24) is 9.97 Å². The molecule has 1 aromatic rings. The van der Waals surface area contributed by atoms with Crippen molar-refractivity contribution in [1.29, 1.82) is 0 Å². The summed E-state index contributed by atoms with van der Waals surface area (Å²) in [6.45, 7) is 9.69. The van der Waals surface area contributed by atoms with E-state index in [1.54, 1.807) is 0 Å². The van der Waals surface area contributed by atoms with Gasteiger partial charge in [-0.1, -0.05) is 27.7 Å². The predicted molar refractivity (Wildman–Crippen MR) is 61.6 cm³/mol. The summed E-state index contributed by atoms with van der Waals surface area (Å²) < 4.78 is 0. The molecule has 3 heteroatoms. The first-order valence-corrected chi connectivity index (χ1v) is 5.62. The van der Waals surface area contributed by atoms with E-state index in [2.05, 4.69) is 37.7 Å². The molecule has 84 valence electrons. The molecule has 3 nitrogen and oxygen atoms in total. The lowest BCUT2D eigenvalue weighted by Crippen LogP contribution is -2.34. The Morgan fingerprint density at radius 1 is 1.33 bits per heavy atom.